The fraction of sp³-hybridized carbons (Fsp3) is 0.529. The van der Waals surface area contributed by atoms with Gasteiger partial charge in [-0.15, -0.1) is 0 Å². The van der Waals surface area contributed by atoms with Crippen LogP contribution in [-0.2, 0) is 4.79 Å². The molecule has 4 rings (SSSR count). The zero-order valence-electron chi connectivity index (χ0n) is 13.1. The lowest BCUT2D eigenvalue weighted by Crippen LogP contribution is -2.52. The number of nitrogens with one attached hydrogen (secondary N) is 2. The number of carbonyl (C=O) groups is 1. The van der Waals surface area contributed by atoms with Crippen molar-refractivity contribution in [2.75, 3.05) is 24.5 Å². The average molecular weight is 314 g/mol. The monoisotopic (exact) mass is 314 g/mol. The maximum Gasteiger partial charge on any atom is 0.299 e. The van der Waals surface area contributed by atoms with Gasteiger partial charge < -0.3 is 20.0 Å². The predicted octanol–water partition coefficient (Wildman–Crippen LogP) is 1.66. The second-order valence-corrected chi connectivity index (χ2v) is 6.37. The molecule has 6 nitrogen and oxygen atoms in total. The lowest BCUT2D eigenvalue weighted by molar-refractivity contribution is -0.123. The van der Waals surface area contributed by atoms with Gasteiger partial charge in [-0.2, -0.15) is 4.98 Å². The molecular weight excluding hydrogens is 292 g/mol. The minimum Gasteiger partial charge on any atom is -0.423 e. The van der Waals surface area contributed by atoms with Gasteiger partial charge in [0.1, 0.15) is 11.6 Å². The van der Waals surface area contributed by atoms with Gasteiger partial charge in [0.15, 0.2) is 5.58 Å². The molecule has 6 heteroatoms. The van der Waals surface area contributed by atoms with Crippen molar-refractivity contribution in [2.24, 2.45) is 0 Å². The molecule has 2 fully saturated rings. The van der Waals surface area contributed by atoms with Gasteiger partial charge in [0.05, 0.1) is 0 Å². The Morgan fingerprint density at radius 2 is 2.22 bits per heavy atom. The van der Waals surface area contributed by atoms with Crippen LogP contribution in [0, 0.1) is 0 Å². The highest BCUT2D eigenvalue weighted by Gasteiger charge is 2.33. The summed E-state index contributed by atoms with van der Waals surface area (Å²) in [4.78, 5) is 19.3. The Kier molecular flexibility index (Phi) is 3.91. The number of oxazole rings is 1. The van der Waals surface area contributed by atoms with Gasteiger partial charge in [-0.05, 0) is 44.4 Å². The second-order valence-electron chi connectivity index (χ2n) is 6.37. The molecular formula is C17H22N4O2. The van der Waals surface area contributed by atoms with E-state index in [9.17, 15) is 4.79 Å². The highest BCUT2D eigenvalue weighted by Crippen LogP contribution is 2.27. The predicted molar refractivity (Wildman–Crippen MR) is 88.4 cm³/mol. The molecule has 0 bridgehead atoms. The minimum atomic E-state index is -0.183. The summed E-state index contributed by atoms with van der Waals surface area (Å²) in [7, 11) is 0. The summed E-state index contributed by atoms with van der Waals surface area (Å²) in [6.07, 6.45) is 3.98. The number of benzene rings is 1. The van der Waals surface area contributed by atoms with E-state index in [4.69, 9.17) is 4.42 Å². The van der Waals surface area contributed by atoms with Crippen LogP contribution in [-0.4, -0.2) is 42.6 Å². The van der Waals surface area contributed by atoms with Crippen LogP contribution in [0.4, 0.5) is 6.01 Å². The number of piperidine rings is 1. The lowest BCUT2D eigenvalue weighted by Gasteiger charge is -2.34. The summed E-state index contributed by atoms with van der Waals surface area (Å²) in [5.41, 5.74) is 1.61. The van der Waals surface area contributed by atoms with E-state index in [-0.39, 0.29) is 18.0 Å². The Labute approximate surface area is 135 Å². The van der Waals surface area contributed by atoms with Gasteiger partial charge in [-0.25, -0.2) is 0 Å². The summed E-state index contributed by atoms with van der Waals surface area (Å²) in [6, 6.07) is 8.36. The van der Waals surface area contributed by atoms with Crippen LogP contribution in [0.2, 0.25) is 0 Å². The van der Waals surface area contributed by atoms with Gasteiger partial charge in [0.25, 0.3) is 6.01 Å². The Hall–Kier alpha value is -2.08. The fourth-order valence-corrected chi connectivity index (χ4v) is 3.49. The topological polar surface area (TPSA) is 70.4 Å². The molecule has 0 saturated carbocycles. The van der Waals surface area contributed by atoms with E-state index < -0.39 is 0 Å². The summed E-state index contributed by atoms with van der Waals surface area (Å²) >= 11 is 0. The number of hydrogen-bond acceptors (Lipinski definition) is 5. The van der Waals surface area contributed by atoms with E-state index in [1.54, 1.807) is 0 Å². The van der Waals surface area contributed by atoms with Crippen LogP contribution in [0.25, 0.3) is 11.1 Å². The molecule has 1 amide bonds. The fourth-order valence-electron chi connectivity index (χ4n) is 3.49. The SMILES string of the molecule is O=C(N[C@H]1CCNC1)[C@@H]1CCCCN1c1nc2ccccc2o1. The molecule has 1 aromatic carbocycles. The standard InChI is InChI=1S/C17H22N4O2/c22-16(19-12-8-9-18-11-12)14-6-3-4-10-21(14)17-20-13-5-1-2-7-15(13)23-17/h1-2,5,7,12,14,18H,3-4,6,8-11H2,(H,19,22)/t12-,14-/m0/s1. The summed E-state index contributed by atoms with van der Waals surface area (Å²) in [5, 5.41) is 6.45. The Morgan fingerprint density at radius 1 is 1.30 bits per heavy atom. The number of fused-ring (bicyclic) bond motifs is 1. The summed E-state index contributed by atoms with van der Waals surface area (Å²) in [5.74, 6) is 0.0978. The summed E-state index contributed by atoms with van der Waals surface area (Å²) < 4.78 is 5.88. The minimum absolute atomic E-state index is 0.0978. The largest absolute Gasteiger partial charge is 0.423 e. The third kappa shape index (κ3) is 2.91. The molecule has 2 saturated heterocycles. The molecule has 1 aromatic heterocycles. The molecule has 2 aliphatic rings. The van der Waals surface area contributed by atoms with Crippen molar-refractivity contribution in [1.29, 1.82) is 0 Å². The average Bonchev–Trinajstić information content (AvgIpc) is 3.23. The molecule has 0 radical (unpaired) electrons. The molecule has 0 aliphatic carbocycles. The van der Waals surface area contributed by atoms with Crippen LogP contribution >= 0.6 is 0 Å². The number of nitrogens with zero attached hydrogens (tertiary/aromatic N) is 2. The highest BCUT2D eigenvalue weighted by atomic mass is 16.4. The van der Waals surface area contributed by atoms with Crippen molar-refractivity contribution in [1.82, 2.24) is 15.6 Å². The first-order valence-corrected chi connectivity index (χ1v) is 8.44. The molecule has 2 N–H and O–H groups in total. The highest BCUT2D eigenvalue weighted by molar-refractivity contribution is 5.85. The third-order valence-corrected chi connectivity index (χ3v) is 4.74. The molecule has 3 heterocycles. The zero-order valence-corrected chi connectivity index (χ0v) is 13.1. The zero-order chi connectivity index (χ0) is 15.6. The number of anilines is 1. The Balaban J connectivity index is 1.55. The van der Waals surface area contributed by atoms with E-state index in [0.29, 0.717) is 6.01 Å². The van der Waals surface area contributed by atoms with Gasteiger partial charge in [0.2, 0.25) is 5.91 Å². The first-order chi connectivity index (χ1) is 11.3. The van der Waals surface area contributed by atoms with E-state index in [0.717, 1.165) is 56.4 Å². The molecule has 0 unspecified atom stereocenters. The van der Waals surface area contributed by atoms with Gasteiger partial charge in [0, 0.05) is 19.1 Å². The van der Waals surface area contributed by atoms with Crippen LogP contribution in [0.1, 0.15) is 25.7 Å². The second kappa shape index (κ2) is 6.20. The first kappa shape index (κ1) is 14.5. The van der Waals surface area contributed by atoms with Gasteiger partial charge >= 0.3 is 0 Å². The molecule has 122 valence electrons. The van der Waals surface area contributed by atoms with E-state index >= 15 is 0 Å². The van der Waals surface area contributed by atoms with Crippen molar-refractivity contribution in [2.45, 2.75) is 37.8 Å². The smallest absolute Gasteiger partial charge is 0.299 e. The lowest BCUT2D eigenvalue weighted by atomic mass is 10.0. The van der Waals surface area contributed by atoms with E-state index in [1.807, 2.05) is 29.2 Å². The van der Waals surface area contributed by atoms with Crippen molar-refractivity contribution < 1.29 is 9.21 Å². The maximum atomic E-state index is 12.7. The van der Waals surface area contributed by atoms with E-state index in [2.05, 4.69) is 15.6 Å². The third-order valence-electron chi connectivity index (χ3n) is 4.74. The molecule has 23 heavy (non-hydrogen) atoms. The van der Waals surface area contributed by atoms with Crippen molar-refractivity contribution >= 4 is 23.0 Å². The van der Waals surface area contributed by atoms with Gasteiger partial charge in [-0.3, -0.25) is 4.79 Å². The first-order valence-electron chi connectivity index (χ1n) is 8.44. The molecule has 2 atom stereocenters. The van der Waals surface area contributed by atoms with Crippen LogP contribution < -0.4 is 15.5 Å². The molecule has 2 aromatic rings. The van der Waals surface area contributed by atoms with Crippen LogP contribution in [0.15, 0.2) is 28.7 Å². The van der Waals surface area contributed by atoms with Gasteiger partial charge in [-0.1, -0.05) is 12.1 Å². The Morgan fingerprint density at radius 3 is 3.04 bits per heavy atom. The van der Waals surface area contributed by atoms with Crippen molar-refractivity contribution in [3.8, 4) is 0 Å². The molecule has 2 aliphatic heterocycles. The van der Waals surface area contributed by atoms with Crippen molar-refractivity contribution in [3.05, 3.63) is 24.3 Å². The quantitative estimate of drug-likeness (QED) is 0.902. The Bertz CT molecular complexity index is 660. The number of para-hydroxylation sites is 2. The maximum absolute atomic E-state index is 12.7. The normalized spacial score (nSPS) is 25.0. The number of aromatic nitrogens is 1. The number of hydrogen-bond donors (Lipinski definition) is 2. The molecule has 0 spiro atoms. The van der Waals surface area contributed by atoms with Crippen LogP contribution in [0.3, 0.4) is 0 Å². The van der Waals surface area contributed by atoms with Crippen molar-refractivity contribution in [3.63, 3.8) is 0 Å². The number of amides is 1. The van der Waals surface area contributed by atoms with Crippen LogP contribution in [0.5, 0.6) is 0 Å². The van der Waals surface area contributed by atoms with E-state index in [1.165, 1.54) is 0 Å². The number of rotatable bonds is 3. The number of carbonyl (C=O) groups excluding carboxylic acids is 1. The summed E-state index contributed by atoms with van der Waals surface area (Å²) in [6.45, 7) is 2.65.